The summed E-state index contributed by atoms with van der Waals surface area (Å²) < 4.78 is 46.7. The van der Waals surface area contributed by atoms with Crippen molar-refractivity contribution in [1.82, 2.24) is 9.62 Å². The van der Waals surface area contributed by atoms with E-state index >= 15 is 0 Å². The topological polar surface area (TPSA) is 99.9 Å². The lowest BCUT2D eigenvalue weighted by Gasteiger charge is -2.30. The minimum absolute atomic E-state index is 0.0479. The molecular formula is C16H19FN2O5S. The van der Waals surface area contributed by atoms with Crippen LogP contribution in [-0.2, 0) is 14.8 Å². The molecule has 1 aliphatic heterocycles. The second kappa shape index (κ2) is 6.74. The number of carboxylic acids is 1. The number of sulfonamides is 1. The van der Waals surface area contributed by atoms with E-state index in [1.54, 1.807) is 11.8 Å². The molecular weight excluding hydrogens is 351 g/mol. The Morgan fingerprint density at radius 3 is 2.72 bits per heavy atom. The van der Waals surface area contributed by atoms with Crippen molar-refractivity contribution in [3.8, 4) is 0 Å². The number of halogens is 1. The average Bonchev–Trinajstić information content (AvgIpc) is 2.86. The number of rotatable bonds is 5. The average molecular weight is 370 g/mol. The fourth-order valence-electron chi connectivity index (χ4n) is 3.10. The Morgan fingerprint density at radius 1 is 1.40 bits per heavy atom. The minimum Gasteiger partial charge on any atom is -0.480 e. The van der Waals surface area contributed by atoms with Gasteiger partial charge >= 0.3 is 5.97 Å². The van der Waals surface area contributed by atoms with Gasteiger partial charge in [0.2, 0.25) is 5.09 Å². The summed E-state index contributed by atoms with van der Waals surface area (Å²) in [7, 11) is -3.88. The molecule has 0 amide bonds. The largest absolute Gasteiger partial charge is 0.480 e. The number of carboxylic acid groups (broad SMARTS) is 1. The molecule has 2 N–H and O–H groups in total. The number of hydrogen-bond acceptors (Lipinski definition) is 5. The zero-order chi connectivity index (χ0) is 18.2. The van der Waals surface area contributed by atoms with Crippen molar-refractivity contribution in [2.75, 3.05) is 19.6 Å². The quantitative estimate of drug-likeness (QED) is 0.831. The smallest absolute Gasteiger partial charge is 0.317 e. The van der Waals surface area contributed by atoms with Gasteiger partial charge in [-0.05, 0) is 38.0 Å². The van der Waals surface area contributed by atoms with Gasteiger partial charge in [-0.15, -0.1) is 0 Å². The van der Waals surface area contributed by atoms with Crippen molar-refractivity contribution in [2.24, 2.45) is 0 Å². The lowest BCUT2D eigenvalue weighted by atomic mass is 10.1. The Bertz CT molecular complexity index is 901. The fourth-order valence-corrected chi connectivity index (χ4v) is 4.59. The van der Waals surface area contributed by atoms with Gasteiger partial charge in [0.1, 0.15) is 11.4 Å². The summed E-state index contributed by atoms with van der Waals surface area (Å²) in [4.78, 5) is 12.5. The second-order valence-corrected chi connectivity index (χ2v) is 7.83. The minimum atomic E-state index is -3.88. The Kier molecular flexibility index (Phi) is 4.81. The van der Waals surface area contributed by atoms with E-state index in [0.717, 1.165) is 0 Å². The number of hydrogen-bond donors (Lipinski definition) is 2. The Morgan fingerprint density at radius 2 is 2.08 bits per heavy atom. The molecule has 0 bridgehead atoms. The summed E-state index contributed by atoms with van der Waals surface area (Å²) in [6.45, 7) is 2.54. The molecule has 25 heavy (non-hydrogen) atoms. The zero-order valence-electron chi connectivity index (χ0n) is 13.7. The van der Waals surface area contributed by atoms with Crippen LogP contribution in [0.4, 0.5) is 4.39 Å². The number of likely N-dealkylation sites (tertiary alicyclic amines) is 1. The normalized spacial score (nSPS) is 17.2. The van der Waals surface area contributed by atoms with Crippen molar-refractivity contribution in [1.29, 1.82) is 0 Å². The number of benzene rings is 1. The molecule has 2 aromatic rings. The summed E-state index contributed by atoms with van der Waals surface area (Å²) in [6, 6.07) is 3.57. The van der Waals surface area contributed by atoms with E-state index in [2.05, 4.69) is 4.72 Å². The number of furan rings is 1. The molecule has 1 fully saturated rings. The Labute approximate surface area is 144 Å². The van der Waals surface area contributed by atoms with E-state index < -0.39 is 21.8 Å². The molecule has 1 saturated heterocycles. The highest BCUT2D eigenvalue weighted by atomic mass is 32.2. The van der Waals surface area contributed by atoms with E-state index in [-0.39, 0.29) is 17.7 Å². The fraction of sp³-hybridized carbons (Fsp3) is 0.438. The molecule has 0 radical (unpaired) electrons. The highest BCUT2D eigenvalue weighted by Gasteiger charge is 2.29. The van der Waals surface area contributed by atoms with E-state index in [4.69, 9.17) is 9.52 Å². The predicted octanol–water partition coefficient (Wildman–Crippen LogP) is 1.71. The molecule has 0 saturated carbocycles. The van der Waals surface area contributed by atoms with Gasteiger partial charge in [-0.3, -0.25) is 9.69 Å². The monoisotopic (exact) mass is 370 g/mol. The van der Waals surface area contributed by atoms with Crippen LogP contribution >= 0.6 is 0 Å². The van der Waals surface area contributed by atoms with Crippen LogP contribution in [0.3, 0.4) is 0 Å². The van der Waals surface area contributed by atoms with Gasteiger partial charge in [-0.2, -0.15) is 0 Å². The van der Waals surface area contributed by atoms with E-state index in [1.807, 2.05) is 0 Å². The molecule has 0 aliphatic carbocycles. The van der Waals surface area contributed by atoms with Crippen molar-refractivity contribution in [3.63, 3.8) is 0 Å². The number of aryl methyl sites for hydroxylation is 1. The van der Waals surface area contributed by atoms with Crippen molar-refractivity contribution in [2.45, 2.75) is 30.9 Å². The number of piperidine rings is 1. The SMILES string of the molecule is Cc1c(S(=O)(=O)NC2CCN(CC(=O)O)CC2)oc2ccc(F)cc12. The first kappa shape index (κ1) is 17.8. The number of nitrogens with one attached hydrogen (secondary N) is 1. The zero-order valence-corrected chi connectivity index (χ0v) is 14.5. The van der Waals surface area contributed by atoms with Gasteiger partial charge in [-0.25, -0.2) is 17.5 Å². The standard InChI is InChI=1S/C16H19FN2O5S/c1-10-13-8-11(17)2-3-14(13)24-16(10)25(22,23)18-12-4-6-19(7-5-12)9-15(20)21/h2-3,8,12,18H,4-7,9H2,1H3,(H,20,21). The third-order valence-electron chi connectivity index (χ3n) is 4.37. The first-order valence-corrected chi connectivity index (χ1v) is 9.40. The Balaban J connectivity index is 1.75. The second-order valence-electron chi connectivity index (χ2n) is 6.22. The maximum Gasteiger partial charge on any atom is 0.317 e. The molecule has 0 unspecified atom stereocenters. The van der Waals surface area contributed by atoms with Gasteiger partial charge in [0, 0.05) is 30.1 Å². The van der Waals surface area contributed by atoms with Crippen LogP contribution in [-0.4, -0.2) is 50.1 Å². The van der Waals surface area contributed by atoms with Crippen LogP contribution < -0.4 is 4.72 Å². The van der Waals surface area contributed by atoms with Gasteiger partial charge in [0.05, 0.1) is 6.54 Å². The molecule has 1 aliphatic rings. The lowest BCUT2D eigenvalue weighted by Crippen LogP contribution is -2.45. The van der Waals surface area contributed by atoms with Crippen LogP contribution in [0.15, 0.2) is 27.7 Å². The first-order valence-electron chi connectivity index (χ1n) is 7.91. The number of fused-ring (bicyclic) bond motifs is 1. The molecule has 2 heterocycles. The molecule has 0 spiro atoms. The third-order valence-corrected chi connectivity index (χ3v) is 5.89. The summed E-state index contributed by atoms with van der Waals surface area (Å²) in [5.74, 6) is -1.36. The summed E-state index contributed by atoms with van der Waals surface area (Å²) >= 11 is 0. The van der Waals surface area contributed by atoms with E-state index in [9.17, 15) is 17.6 Å². The van der Waals surface area contributed by atoms with Crippen LogP contribution in [0.2, 0.25) is 0 Å². The third kappa shape index (κ3) is 3.83. The van der Waals surface area contributed by atoms with Gasteiger partial charge < -0.3 is 9.52 Å². The lowest BCUT2D eigenvalue weighted by molar-refractivity contribution is -0.138. The molecule has 136 valence electrons. The summed E-state index contributed by atoms with van der Waals surface area (Å²) in [5, 5.41) is 9.01. The number of nitrogens with zero attached hydrogens (tertiary/aromatic N) is 1. The van der Waals surface area contributed by atoms with E-state index in [1.165, 1.54) is 18.2 Å². The van der Waals surface area contributed by atoms with Gasteiger partial charge in [-0.1, -0.05) is 0 Å². The maximum absolute atomic E-state index is 13.4. The predicted molar refractivity (Wildman–Crippen MR) is 88.3 cm³/mol. The highest BCUT2D eigenvalue weighted by Crippen LogP contribution is 2.29. The molecule has 7 nitrogen and oxygen atoms in total. The summed E-state index contributed by atoms with van der Waals surface area (Å²) in [6.07, 6.45) is 1.03. The van der Waals surface area contributed by atoms with Crippen molar-refractivity contribution < 1.29 is 27.1 Å². The highest BCUT2D eigenvalue weighted by molar-refractivity contribution is 7.89. The van der Waals surface area contributed by atoms with Crippen LogP contribution in [0.25, 0.3) is 11.0 Å². The van der Waals surface area contributed by atoms with Crippen LogP contribution in [0.5, 0.6) is 0 Å². The first-order chi connectivity index (χ1) is 11.8. The van der Waals surface area contributed by atoms with Crippen LogP contribution in [0.1, 0.15) is 18.4 Å². The number of carbonyl (C=O) groups is 1. The molecule has 9 heteroatoms. The molecule has 0 atom stereocenters. The maximum atomic E-state index is 13.4. The van der Waals surface area contributed by atoms with Crippen molar-refractivity contribution in [3.05, 3.63) is 29.6 Å². The molecule has 1 aromatic carbocycles. The Hall–Kier alpha value is -1.97. The number of aliphatic carboxylic acids is 1. The van der Waals surface area contributed by atoms with Crippen molar-refractivity contribution >= 4 is 27.0 Å². The van der Waals surface area contributed by atoms with Gasteiger partial charge in [0.15, 0.2) is 0 Å². The molecule has 1 aromatic heterocycles. The molecule has 3 rings (SSSR count). The van der Waals surface area contributed by atoms with Gasteiger partial charge in [0.25, 0.3) is 10.0 Å². The van der Waals surface area contributed by atoms with Crippen LogP contribution in [0, 0.1) is 12.7 Å². The summed E-state index contributed by atoms with van der Waals surface area (Å²) in [5.41, 5.74) is 0.681. The van der Waals surface area contributed by atoms with E-state index in [0.29, 0.717) is 42.5 Å².